The van der Waals surface area contributed by atoms with Crippen LogP contribution < -0.4 is 32.0 Å². The lowest BCUT2D eigenvalue weighted by molar-refractivity contribution is -0.147. The van der Waals surface area contributed by atoms with E-state index in [1.807, 2.05) is 0 Å². The Morgan fingerprint density at radius 1 is 0.979 bits per heavy atom. The fourth-order valence-corrected chi connectivity index (χ4v) is 5.39. The Kier molecular flexibility index (Phi) is 11.2. The normalized spacial score (nSPS) is 14.7. The molecule has 3 aromatic rings. The van der Waals surface area contributed by atoms with E-state index in [4.69, 9.17) is 5.73 Å². The van der Waals surface area contributed by atoms with Gasteiger partial charge in [0.1, 0.15) is 17.4 Å². The molecular formula is C31H36FN7O8. The molecule has 2 atom stereocenters. The highest BCUT2D eigenvalue weighted by Gasteiger charge is 2.32. The van der Waals surface area contributed by atoms with Crippen LogP contribution in [0.3, 0.4) is 0 Å². The van der Waals surface area contributed by atoms with Gasteiger partial charge in [0.2, 0.25) is 23.2 Å². The Morgan fingerprint density at radius 2 is 1.66 bits per heavy atom. The number of halogens is 1. The second kappa shape index (κ2) is 15.3. The van der Waals surface area contributed by atoms with Crippen molar-refractivity contribution in [2.45, 2.75) is 32.1 Å². The SMILES string of the molecule is CCn1cc(C(=O)O)c(=O)c2cc(F)c(N3CCN(C(NC(=O)CNC(=O)[C@H](Cc4ccccc4)NC(=O)CN)C(=O)O)CC3)cc21. The van der Waals surface area contributed by atoms with Crippen LogP contribution in [0.2, 0.25) is 0 Å². The first-order valence-electron chi connectivity index (χ1n) is 14.9. The molecule has 0 bridgehead atoms. The number of anilines is 1. The number of amides is 3. The molecule has 2 heterocycles. The van der Waals surface area contributed by atoms with E-state index in [9.17, 15) is 39.0 Å². The second-order valence-corrected chi connectivity index (χ2v) is 10.8. The molecule has 3 amide bonds. The number of carboxylic acids is 2. The van der Waals surface area contributed by atoms with Crippen molar-refractivity contribution in [3.63, 3.8) is 0 Å². The second-order valence-electron chi connectivity index (χ2n) is 10.8. The van der Waals surface area contributed by atoms with Crippen LogP contribution in [0.15, 0.2) is 53.5 Å². The summed E-state index contributed by atoms with van der Waals surface area (Å²) in [5, 5.41) is 26.5. The first-order chi connectivity index (χ1) is 22.4. The number of carboxylic acid groups (broad SMARTS) is 2. The number of piperazine rings is 1. The molecule has 1 aromatic heterocycles. The molecule has 1 saturated heterocycles. The summed E-state index contributed by atoms with van der Waals surface area (Å²) >= 11 is 0. The third-order valence-electron chi connectivity index (χ3n) is 7.81. The molecule has 47 heavy (non-hydrogen) atoms. The molecule has 1 unspecified atom stereocenters. The highest BCUT2D eigenvalue weighted by atomic mass is 19.1. The molecule has 4 rings (SSSR count). The van der Waals surface area contributed by atoms with Gasteiger partial charge < -0.3 is 41.4 Å². The van der Waals surface area contributed by atoms with Crippen LogP contribution in [0.1, 0.15) is 22.8 Å². The van der Waals surface area contributed by atoms with Crippen molar-refractivity contribution in [3.05, 3.63) is 75.8 Å². The van der Waals surface area contributed by atoms with Crippen molar-refractivity contribution >= 4 is 46.3 Å². The maximum Gasteiger partial charge on any atom is 0.341 e. The van der Waals surface area contributed by atoms with Crippen molar-refractivity contribution in [2.24, 2.45) is 5.73 Å². The molecule has 0 aliphatic carbocycles. The highest BCUT2D eigenvalue weighted by molar-refractivity contribution is 5.94. The summed E-state index contributed by atoms with van der Waals surface area (Å²) in [6.45, 7) is 1.76. The molecule has 1 aliphatic rings. The topological polar surface area (TPSA) is 216 Å². The summed E-state index contributed by atoms with van der Waals surface area (Å²) in [6, 6.07) is 10.3. The van der Waals surface area contributed by atoms with Crippen LogP contribution in [0, 0.1) is 5.82 Å². The van der Waals surface area contributed by atoms with Crippen molar-refractivity contribution in [2.75, 3.05) is 44.2 Å². The maximum atomic E-state index is 15.3. The average molecular weight is 654 g/mol. The fourth-order valence-electron chi connectivity index (χ4n) is 5.39. The number of hydrogen-bond acceptors (Lipinski definition) is 9. The summed E-state index contributed by atoms with van der Waals surface area (Å²) < 4.78 is 16.8. The number of carbonyl (C=O) groups is 5. The summed E-state index contributed by atoms with van der Waals surface area (Å²) in [6.07, 6.45) is -0.0890. The summed E-state index contributed by atoms with van der Waals surface area (Å²) in [5.41, 5.74) is 5.38. The van der Waals surface area contributed by atoms with Gasteiger partial charge in [-0.15, -0.1) is 0 Å². The van der Waals surface area contributed by atoms with E-state index in [2.05, 4.69) is 16.0 Å². The third kappa shape index (κ3) is 8.28. The van der Waals surface area contributed by atoms with Gasteiger partial charge in [-0.25, -0.2) is 14.0 Å². The van der Waals surface area contributed by atoms with Gasteiger partial charge in [-0.2, -0.15) is 0 Å². The largest absolute Gasteiger partial charge is 0.479 e. The molecule has 7 N–H and O–H groups in total. The number of carbonyl (C=O) groups excluding carboxylic acids is 3. The Hall–Kier alpha value is -5.35. The number of aromatic carboxylic acids is 1. The number of benzene rings is 2. The Bertz CT molecular complexity index is 1720. The lowest BCUT2D eigenvalue weighted by Gasteiger charge is -2.39. The lowest BCUT2D eigenvalue weighted by atomic mass is 10.1. The fraction of sp³-hybridized carbons (Fsp3) is 0.355. The van der Waals surface area contributed by atoms with Crippen LogP contribution in [-0.2, 0) is 32.1 Å². The van der Waals surface area contributed by atoms with Crippen LogP contribution in [0.4, 0.5) is 10.1 Å². The molecule has 0 saturated carbocycles. The van der Waals surface area contributed by atoms with Crippen molar-refractivity contribution in [3.8, 4) is 0 Å². The van der Waals surface area contributed by atoms with Gasteiger partial charge >= 0.3 is 11.9 Å². The maximum absolute atomic E-state index is 15.3. The predicted molar refractivity (Wildman–Crippen MR) is 168 cm³/mol. The highest BCUT2D eigenvalue weighted by Crippen LogP contribution is 2.26. The zero-order valence-corrected chi connectivity index (χ0v) is 25.6. The smallest absolute Gasteiger partial charge is 0.341 e. The molecule has 0 spiro atoms. The van der Waals surface area contributed by atoms with Gasteiger partial charge in [-0.3, -0.25) is 24.1 Å². The third-order valence-corrected chi connectivity index (χ3v) is 7.81. The van der Waals surface area contributed by atoms with Gasteiger partial charge in [0, 0.05) is 50.7 Å². The zero-order chi connectivity index (χ0) is 34.2. The van der Waals surface area contributed by atoms with E-state index < -0.39 is 65.2 Å². The van der Waals surface area contributed by atoms with Crippen molar-refractivity contribution in [1.82, 2.24) is 25.4 Å². The van der Waals surface area contributed by atoms with E-state index >= 15 is 4.39 Å². The van der Waals surface area contributed by atoms with Gasteiger partial charge in [0.25, 0.3) is 0 Å². The number of nitrogens with zero attached hydrogens (tertiary/aromatic N) is 3. The monoisotopic (exact) mass is 653 g/mol. The molecule has 0 radical (unpaired) electrons. The predicted octanol–water partition coefficient (Wildman–Crippen LogP) is -0.690. The van der Waals surface area contributed by atoms with Crippen LogP contribution >= 0.6 is 0 Å². The molecule has 2 aromatic carbocycles. The number of rotatable bonds is 13. The molecule has 250 valence electrons. The molecular weight excluding hydrogens is 617 g/mol. The number of nitrogens with one attached hydrogen (secondary N) is 3. The lowest BCUT2D eigenvalue weighted by Crippen LogP contribution is -2.60. The number of pyridine rings is 1. The number of aryl methyl sites for hydroxylation is 1. The van der Waals surface area contributed by atoms with Crippen LogP contribution in [0.5, 0.6) is 0 Å². The molecule has 1 aliphatic heterocycles. The Labute approximate surface area is 268 Å². The summed E-state index contributed by atoms with van der Waals surface area (Å²) in [7, 11) is 0. The summed E-state index contributed by atoms with van der Waals surface area (Å²) in [4.78, 5) is 76.9. The first-order valence-corrected chi connectivity index (χ1v) is 14.9. The number of nitrogens with two attached hydrogens (primary N) is 1. The molecule has 15 nitrogen and oxygen atoms in total. The van der Waals surface area contributed by atoms with Gasteiger partial charge in [0.05, 0.1) is 24.3 Å². The van der Waals surface area contributed by atoms with E-state index in [-0.39, 0.29) is 50.2 Å². The Morgan fingerprint density at radius 3 is 2.26 bits per heavy atom. The Balaban J connectivity index is 1.39. The van der Waals surface area contributed by atoms with Crippen LogP contribution in [0.25, 0.3) is 10.9 Å². The average Bonchev–Trinajstić information content (AvgIpc) is 3.06. The minimum atomic E-state index is -1.44. The van der Waals surface area contributed by atoms with Crippen molar-refractivity contribution in [1.29, 1.82) is 0 Å². The number of fused-ring (bicyclic) bond motifs is 1. The van der Waals surface area contributed by atoms with Gasteiger partial charge in [0.15, 0.2) is 6.17 Å². The van der Waals surface area contributed by atoms with Crippen molar-refractivity contribution < 1.29 is 38.6 Å². The minimum absolute atomic E-state index is 0.0690. The zero-order valence-electron chi connectivity index (χ0n) is 25.6. The van der Waals surface area contributed by atoms with E-state index in [0.29, 0.717) is 12.1 Å². The van der Waals surface area contributed by atoms with E-state index in [0.717, 1.165) is 11.6 Å². The standard InChI is InChI=1S/C31H36FN7O8/c1-2-37-17-20(30(44)45)27(42)19-13-21(32)24(14-23(19)37)38-8-10-39(11-9-38)28(31(46)47)36-26(41)16-34-29(43)22(35-25(40)15-33)12-18-6-4-3-5-7-18/h3-7,13-14,17,22,28H,2,8-12,15-16,33H2,1H3,(H,34,43)(H,35,40)(H,36,41)(H,44,45)(H,46,47)/t22-,28?/m0/s1. The molecule has 16 heteroatoms. The quantitative estimate of drug-likeness (QED) is 0.136. The minimum Gasteiger partial charge on any atom is -0.479 e. The number of aromatic nitrogens is 1. The van der Waals surface area contributed by atoms with Crippen LogP contribution in [-0.4, -0.2) is 101 Å². The van der Waals surface area contributed by atoms with Gasteiger partial charge in [-0.1, -0.05) is 30.3 Å². The number of hydrogen-bond donors (Lipinski definition) is 6. The van der Waals surface area contributed by atoms with E-state index in [1.165, 1.54) is 17.2 Å². The van der Waals surface area contributed by atoms with E-state index in [1.54, 1.807) is 46.7 Å². The first kappa shape index (κ1) is 34.5. The van der Waals surface area contributed by atoms with Gasteiger partial charge in [-0.05, 0) is 24.6 Å². The molecule has 1 fully saturated rings. The summed E-state index contributed by atoms with van der Waals surface area (Å²) in [5.74, 6) is -5.49. The number of aliphatic carboxylic acids is 1.